The summed E-state index contributed by atoms with van der Waals surface area (Å²) in [4.78, 5) is 1.62. The van der Waals surface area contributed by atoms with Gasteiger partial charge in [-0.15, -0.1) is 0 Å². The van der Waals surface area contributed by atoms with E-state index in [1.165, 1.54) is 25.7 Å². The first-order valence-electron chi connectivity index (χ1n) is 6.86. The number of nitrogens with zero attached hydrogens (tertiary/aromatic N) is 1. The number of rotatable bonds is 7. The molecule has 0 aromatic carbocycles. The molecule has 0 unspecified atom stereocenters. The van der Waals surface area contributed by atoms with Crippen LogP contribution >= 0.6 is 0 Å². The second kappa shape index (κ2) is 7.24. The zero-order chi connectivity index (χ0) is 12.7. The Morgan fingerprint density at radius 2 is 1.71 bits per heavy atom. The quantitative estimate of drug-likeness (QED) is 0.607. The van der Waals surface area contributed by atoms with Gasteiger partial charge in [0.05, 0.1) is 0 Å². The van der Waals surface area contributed by atoms with Crippen LogP contribution in [-0.4, -0.2) is 30.2 Å². The standard InChI is InChI=1S/C13H24F3N/c1-2-3-4-5-6-7-10-17-11-8-9-12(17)13(14,15)16/h12H,2-11H2,1H3/t12-/m1/s1. The van der Waals surface area contributed by atoms with Crippen molar-refractivity contribution in [1.29, 1.82) is 0 Å². The van der Waals surface area contributed by atoms with Crippen LogP contribution in [-0.2, 0) is 0 Å². The lowest BCUT2D eigenvalue weighted by Gasteiger charge is -2.26. The van der Waals surface area contributed by atoms with E-state index in [-0.39, 0.29) is 0 Å². The van der Waals surface area contributed by atoms with E-state index in [0.717, 1.165) is 12.8 Å². The van der Waals surface area contributed by atoms with Crippen molar-refractivity contribution in [2.45, 2.75) is 70.5 Å². The number of likely N-dealkylation sites (tertiary alicyclic amines) is 1. The van der Waals surface area contributed by atoms with Gasteiger partial charge < -0.3 is 0 Å². The molecular weight excluding hydrogens is 227 g/mol. The second-order valence-electron chi connectivity index (χ2n) is 5.00. The Bertz CT molecular complexity index is 203. The first-order chi connectivity index (χ1) is 8.05. The molecule has 1 rings (SSSR count). The molecular formula is C13H24F3N. The zero-order valence-electron chi connectivity index (χ0n) is 10.7. The topological polar surface area (TPSA) is 3.24 Å². The Morgan fingerprint density at radius 3 is 2.35 bits per heavy atom. The highest BCUT2D eigenvalue weighted by Crippen LogP contribution is 2.32. The highest BCUT2D eigenvalue weighted by Gasteiger charge is 2.45. The van der Waals surface area contributed by atoms with Gasteiger partial charge in [0.15, 0.2) is 0 Å². The van der Waals surface area contributed by atoms with E-state index in [1.807, 2.05) is 0 Å². The number of hydrogen-bond donors (Lipinski definition) is 0. The molecule has 4 heteroatoms. The first kappa shape index (κ1) is 14.8. The van der Waals surface area contributed by atoms with E-state index < -0.39 is 12.2 Å². The summed E-state index contributed by atoms with van der Waals surface area (Å²) < 4.78 is 37.9. The van der Waals surface area contributed by atoms with Crippen LogP contribution in [0.25, 0.3) is 0 Å². The van der Waals surface area contributed by atoms with Crippen molar-refractivity contribution in [3.05, 3.63) is 0 Å². The van der Waals surface area contributed by atoms with Gasteiger partial charge in [0.2, 0.25) is 0 Å². The lowest BCUT2D eigenvalue weighted by Crippen LogP contribution is -2.41. The van der Waals surface area contributed by atoms with Crippen LogP contribution in [0.15, 0.2) is 0 Å². The van der Waals surface area contributed by atoms with Gasteiger partial charge in [-0.1, -0.05) is 39.0 Å². The SMILES string of the molecule is CCCCCCCCN1CCC[C@@H]1C(F)(F)F. The van der Waals surface area contributed by atoms with Crippen molar-refractivity contribution in [2.75, 3.05) is 13.1 Å². The Labute approximate surface area is 102 Å². The van der Waals surface area contributed by atoms with Crippen LogP contribution in [0.1, 0.15) is 58.3 Å². The summed E-state index contributed by atoms with van der Waals surface area (Å²) in [5.41, 5.74) is 0. The highest BCUT2D eigenvalue weighted by atomic mass is 19.4. The molecule has 1 saturated heterocycles. The maximum atomic E-state index is 12.6. The molecule has 0 saturated carbocycles. The molecule has 1 fully saturated rings. The number of unbranched alkanes of at least 4 members (excludes halogenated alkanes) is 5. The van der Waals surface area contributed by atoms with Crippen molar-refractivity contribution in [2.24, 2.45) is 0 Å². The third-order valence-electron chi connectivity index (χ3n) is 3.54. The summed E-state index contributed by atoms with van der Waals surface area (Å²) in [6, 6.07) is -1.17. The molecule has 0 N–H and O–H groups in total. The highest BCUT2D eigenvalue weighted by molar-refractivity contribution is 4.84. The Morgan fingerprint density at radius 1 is 1.06 bits per heavy atom. The molecule has 0 bridgehead atoms. The van der Waals surface area contributed by atoms with Crippen molar-refractivity contribution in [3.63, 3.8) is 0 Å². The largest absolute Gasteiger partial charge is 0.404 e. The van der Waals surface area contributed by atoms with E-state index >= 15 is 0 Å². The predicted octanol–water partition coefficient (Wildman–Crippen LogP) is 4.37. The number of hydrogen-bond acceptors (Lipinski definition) is 1. The minimum Gasteiger partial charge on any atom is -0.292 e. The van der Waals surface area contributed by atoms with Crippen molar-refractivity contribution in [3.8, 4) is 0 Å². The summed E-state index contributed by atoms with van der Waals surface area (Å²) in [5, 5.41) is 0. The Hall–Kier alpha value is -0.250. The lowest BCUT2D eigenvalue weighted by atomic mass is 10.1. The van der Waals surface area contributed by atoms with Gasteiger partial charge in [-0.05, 0) is 32.4 Å². The molecule has 0 aliphatic carbocycles. The van der Waals surface area contributed by atoms with Gasteiger partial charge in [-0.25, -0.2) is 0 Å². The van der Waals surface area contributed by atoms with Gasteiger partial charge in [-0.2, -0.15) is 13.2 Å². The fourth-order valence-corrected chi connectivity index (χ4v) is 2.56. The molecule has 17 heavy (non-hydrogen) atoms. The number of halogens is 3. The summed E-state index contributed by atoms with van der Waals surface area (Å²) >= 11 is 0. The minimum absolute atomic E-state index is 0.291. The van der Waals surface area contributed by atoms with E-state index in [2.05, 4.69) is 6.92 Å². The van der Waals surface area contributed by atoms with Crippen LogP contribution in [0.3, 0.4) is 0 Å². The van der Waals surface area contributed by atoms with Gasteiger partial charge in [0.25, 0.3) is 0 Å². The molecule has 1 nitrogen and oxygen atoms in total. The van der Waals surface area contributed by atoms with E-state index in [4.69, 9.17) is 0 Å². The smallest absolute Gasteiger partial charge is 0.292 e. The second-order valence-corrected chi connectivity index (χ2v) is 5.00. The third kappa shape index (κ3) is 5.28. The van der Waals surface area contributed by atoms with Gasteiger partial charge in [0.1, 0.15) is 6.04 Å². The summed E-state index contributed by atoms with van der Waals surface area (Å²) in [5.74, 6) is 0. The van der Waals surface area contributed by atoms with E-state index in [0.29, 0.717) is 25.9 Å². The molecule has 102 valence electrons. The molecule has 0 aromatic rings. The van der Waals surface area contributed by atoms with Gasteiger partial charge in [0, 0.05) is 0 Å². The molecule has 1 aliphatic heterocycles. The fourth-order valence-electron chi connectivity index (χ4n) is 2.56. The van der Waals surface area contributed by atoms with Crippen LogP contribution in [0.4, 0.5) is 13.2 Å². The van der Waals surface area contributed by atoms with Crippen LogP contribution in [0, 0.1) is 0 Å². The summed E-state index contributed by atoms with van der Waals surface area (Å²) in [6.45, 7) is 3.41. The third-order valence-corrected chi connectivity index (χ3v) is 3.54. The number of alkyl halides is 3. The molecule has 0 amide bonds. The molecule has 0 radical (unpaired) electrons. The average Bonchev–Trinajstić information content (AvgIpc) is 2.71. The van der Waals surface area contributed by atoms with Crippen molar-refractivity contribution >= 4 is 0 Å². The van der Waals surface area contributed by atoms with Crippen molar-refractivity contribution in [1.82, 2.24) is 4.90 Å². The van der Waals surface area contributed by atoms with E-state index in [1.54, 1.807) is 4.90 Å². The maximum absolute atomic E-state index is 12.6. The summed E-state index contributed by atoms with van der Waals surface area (Å²) in [7, 11) is 0. The molecule has 1 atom stereocenters. The van der Waals surface area contributed by atoms with Crippen LogP contribution < -0.4 is 0 Å². The average molecular weight is 251 g/mol. The Balaban J connectivity index is 2.14. The monoisotopic (exact) mass is 251 g/mol. The zero-order valence-corrected chi connectivity index (χ0v) is 10.7. The predicted molar refractivity (Wildman–Crippen MR) is 64.0 cm³/mol. The Kier molecular flexibility index (Phi) is 6.31. The molecule has 0 spiro atoms. The maximum Gasteiger partial charge on any atom is 0.404 e. The lowest BCUT2D eigenvalue weighted by molar-refractivity contribution is -0.175. The van der Waals surface area contributed by atoms with Crippen LogP contribution in [0.2, 0.25) is 0 Å². The normalized spacial score (nSPS) is 22.2. The minimum atomic E-state index is -4.03. The van der Waals surface area contributed by atoms with Crippen molar-refractivity contribution < 1.29 is 13.2 Å². The molecule has 1 heterocycles. The first-order valence-corrected chi connectivity index (χ1v) is 6.86. The van der Waals surface area contributed by atoms with Gasteiger partial charge >= 0.3 is 6.18 Å². The molecule has 1 aliphatic rings. The fraction of sp³-hybridized carbons (Fsp3) is 1.00. The van der Waals surface area contributed by atoms with Gasteiger partial charge in [-0.3, -0.25) is 4.90 Å². The van der Waals surface area contributed by atoms with E-state index in [9.17, 15) is 13.2 Å². The summed E-state index contributed by atoms with van der Waals surface area (Å²) in [6.07, 6.45) is 3.78. The van der Waals surface area contributed by atoms with Crippen LogP contribution in [0.5, 0.6) is 0 Å². The molecule has 0 aromatic heterocycles.